The molecule has 0 amide bonds. The third kappa shape index (κ3) is 3.53. The minimum atomic E-state index is 0.588. The smallest absolute Gasteiger partial charge is 0.254 e. The summed E-state index contributed by atoms with van der Waals surface area (Å²) in [5.74, 6) is 1.43. The van der Waals surface area contributed by atoms with Crippen molar-refractivity contribution in [3.05, 3.63) is 64.8 Å². The fraction of sp³-hybridized carbons (Fsp3) is 0.176. The number of nitrogens with one attached hydrogen (secondary N) is 1. The average molecular weight is 398 g/mol. The summed E-state index contributed by atoms with van der Waals surface area (Å²) in [6.45, 7) is 2.79. The van der Waals surface area contributed by atoms with Crippen molar-refractivity contribution in [2.45, 2.75) is 19.9 Å². The molecule has 4 rings (SSSR count). The molecule has 0 spiro atoms. The van der Waals surface area contributed by atoms with E-state index in [2.05, 4.69) is 65.7 Å². The zero-order valence-electron chi connectivity index (χ0n) is 13.6. The first-order valence-corrected chi connectivity index (χ1v) is 8.68. The van der Waals surface area contributed by atoms with Crippen LogP contribution in [-0.2, 0) is 13.0 Å². The molecule has 0 aliphatic carbocycles. The Kier molecular flexibility index (Phi) is 4.19. The lowest BCUT2D eigenvalue weighted by atomic mass is 10.1. The van der Waals surface area contributed by atoms with Gasteiger partial charge in [0.25, 0.3) is 5.78 Å². The standard InChI is InChI=1S/C17H16BrN7/c1-12-8-16(25-17(22-12)19-11-21-25)23-15-4-2-13(3-5-15)6-7-24-10-14(18)9-20-24/h2-5,8-11,23H,6-7H2,1H3. The van der Waals surface area contributed by atoms with E-state index in [0.29, 0.717) is 5.78 Å². The van der Waals surface area contributed by atoms with Gasteiger partial charge in [-0.2, -0.15) is 19.7 Å². The molecule has 7 nitrogen and oxygen atoms in total. The minimum absolute atomic E-state index is 0.588. The van der Waals surface area contributed by atoms with E-state index in [1.807, 2.05) is 23.9 Å². The van der Waals surface area contributed by atoms with Gasteiger partial charge in [-0.05, 0) is 47.0 Å². The molecule has 0 atom stereocenters. The Bertz CT molecular complexity index is 1000. The Morgan fingerprint density at radius 1 is 1.16 bits per heavy atom. The van der Waals surface area contributed by atoms with Crippen molar-refractivity contribution in [3.63, 3.8) is 0 Å². The summed E-state index contributed by atoms with van der Waals surface area (Å²) >= 11 is 3.41. The fourth-order valence-electron chi connectivity index (χ4n) is 2.63. The zero-order chi connectivity index (χ0) is 17.2. The van der Waals surface area contributed by atoms with Gasteiger partial charge in [-0.25, -0.2) is 4.98 Å². The first-order chi connectivity index (χ1) is 12.2. The van der Waals surface area contributed by atoms with Crippen LogP contribution in [0, 0.1) is 6.92 Å². The second-order valence-electron chi connectivity index (χ2n) is 5.75. The van der Waals surface area contributed by atoms with Crippen LogP contribution in [0.2, 0.25) is 0 Å². The van der Waals surface area contributed by atoms with Crippen molar-refractivity contribution in [1.29, 1.82) is 0 Å². The largest absolute Gasteiger partial charge is 0.340 e. The highest BCUT2D eigenvalue weighted by Crippen LogP contribution is 2.18. The maximum Gasteiger partial charge on any atom is 0.254 e. The second-order valence-corrected chi connectivity index (χ2v) is 6.66. The molecule has 0 aliphatic rings. The van der Waals surface area contributed by atoms with E-state index in [9.17, 15) is 0 Å². The molecule has 3 heterocycles. The molecule has 0 bridgehead atoms. The monoisotopic (exact) mass is 397 g/mol. The summed E-state index contributed by atoms with van der Waals surface area (Å²) in [6.07, 6.45) is 6.21. The normalized spacial score (nSPS) is 11.1. The van der Waals surface area contributed by atoms with Gasteiger partial charge in [-0.15, -0.1) is 0 Å². The predicted octanol–water partition coefficient (Wildman–Crippen LogP) is 3.38. The van der Waals surface area contributed by atoms with Crippen molar-refractivity contribution in [1.82, 2.24) is 29.4 Å². The first kappa shape index (κ1) is 15.8. The van der Waals surface area contributed by atoms with Gasteiger partial charge in [0.1, 0.15) is 12.1 Å². The summed E-state index contributed by atoms with van der Waals surface area (Å²) in [7, 11) is 0. The molecule has 3 aromatic heterocycles. The lowest BCUT2D eigenvalue weighted by Gasteiger charge is -2.09. The lowest BCUT2D eigenvalue weighted by molar-refractivity contribution is 0.614. The molecule has 1 aromatic carbocycles. The summed E-state index contributed by atoms with van der Waals surface area (Å²) < 4.78 is 4.62. The molecule has 1 N–H and O–H groups in total. The number of hydrogen-bond donors (Lipinski definition) is 1. The van der Waals surface area contributed by atoms with E-state index >= 15 is 0 Å². The minimum Gasteiger partial charge on any atom is -0.340 e. The van der Waals surface area contributed by atoms with E-state index < -0.39 is 0 Å². The Morgan fingerprint density at radius 2 is 2.00 bits per heavy atom. The van der Waals surface area contributed by atoms with Crippen molar-refractivity contribution in [3.8, 4) is 0 Å². The summed E-state index contributed by atoms with van der Waals surface area (Å²) in [4.78, 5) is 8.48. The first-order valence-electron chi connectivity index (χ1n) is 7.89. The van der Waals surface area contributed by atoms with Gasteiger partial charge >= 0.3 is 0 Å². The Hall–Kier alpha value is -2.74. The highest BCUT2D eigenvalue weighted by Gasteiger charge is 2.06. The maximum absolute atomic E-state index is 4.34. The van der Waals surface area contributed by atoms with Crippen molar-refractivity contribution in [2.24, 2.45) is 0 Å². The van der Waals surface area contributed by atoms with Gasteiger partial charge in [0, 0.05) is 30.2 Å². The van der Waals surface area contributed by atoms with Gasteiger partial charge in [0.15, 0.2) is 0 Å². The van der Waals surface area contributed by atoms with Gasteiger partial charge in [-0.1, -0.05) is 12.1 Å². The van der Waals surface area contributed by atoms with Crippen molar-refractivity contribution >= 4 is 33.2 Å². The van der Waals surface area contributed by atoms with E-state index in [4.69, 9.17) is 0 Å². The number of benzene rings is 1. The predicted molar refractivity (Wildman–Crippen MR) is 98.9 cm³/mol. The molecule has 25 heavy (non-hydrogen) atoms. The Balaban J connectivity index is 1.47. The van der Waals surface area contributed by atoms with Crippen LogP contribution in [0.4, 0.5) is 11.5 Å². The summed E-state index contributed by atoms with van der Waals surface area (Å²) in [5, 5.41) is 11.9. The van der Waals surface area contributed by atoms with Crippen LogP contribution < -0.4 is 5.32 Å². The molecule has 0 unspecified atom stereocenters. The molecule has 0 saturated heterocycles. The van der Waals surface area contributed by atoms with E-state index in [0.717, 1.165) is 34.6 Å². The van der Waals surface area contributed by atoms with E-state index in [-0.39, 0.29) is 0 Å². The molecule has 8 heteroatoms. The van der Waals surface area contributed by atoms with Crippen LogP contribution >= 0.6 is 15.9 Å². The van der Waals surface area contributed by atoms with Gasteiger partial charge < -0.3 is 5.32 Å². The van der Waals surface area contributed by atoms with Crippen LogP contribution in [0.3, 0.4) is 0 Å². The number of anilines is 2. The molecular formula is C17H16BrN7. The van der Waals surface area contributed by atoms with Crippen LogP contribution in [0.5, 0.6) is 0 Å². The number of halogens is 1. The van der Waals surface area contributed by atoms with Gasteiger partial charge in [0.2, 0.25) is 0 Å². The quantitative estimate of drug-likeness (QED) is 0.558. The molecule has 126 valence electrons. The fourth-order valence-corrected chi connectivity index (χ4v) is 2.95. The number of hydrogen-bond acceptors (Lipinski definition) is 5. The van der Waals surface area contributed by atoms with Gasteiger partial charge in [0.05, 0.1) is 10.7 Å². The Morgan fingerprint density at radius 3 is 2.76 bits per heavy atom. The summed E-state index contributed by atoms with van der Waals surface area (Å²) in [6, 6.07) is 10.3. The van der Waals surface area contributed by atoms with Crippen molar-refractivity contribution < 1.29 is 0 Å². The van der Waals surface area contributed by atoms with Crippen LogP contribution in [0.1, 0.15) is 11.3 Å². The SMILES string of the molecule is Cc1cc(Nc2ccc(CCn3cc(Br)cn3)cc2)n2ncnc2n1. The van der Waals surface area contributed by atoms with Crippen LogP contribution in [0.25, 0.3) is 5.78 Å². The molecule has 0 saturated carbocycles. The third-order valence-electron chi connectivity index (χ3n) is 3.84. The highest BCUT2D eigenvalue weighted by atomic mass is 79.9. The number of fused-ring (bicyclic) bond motifs is 1. The number of aryl methyl sites for hydroxylation is 3. The average Bonchev–Trinajstić information content (AvgIpc) is 3.23. The molecule has 0 fully saturated rings. The van der Waals surface area contributed by atoms with Crippen LogP contribution in [0.15, 0.2) is 53.5 Å². The number of rotatable bonds is 5. The molecule has 4 aromatic rings. The number of aromatic nitrogens is 6. The highest BCUT2D eigenvalue weighted by molar-refractivity contribution is 9.10. The van der Waals surface area contributed by atoms with E-state index in [1.54, 1.807) is 10.7 Å². The van der Waals surface area contributed by atoms with Gasteiger partial charge in [-0.3, -0.25) is 4.68 Å². The molecular weight excluding hydrogens is 382 g/mol. The lowest BCUT2D eigenvalue weighted by Crippen LogP contribution is -2.03. The third-order valence-corrected chi connectivity index (χ3v) is 4.25. The Labute approximate surface area is 152 Å². The summed E-state index contributed by atoms with van der Waals surface area (Å²) in [5.41, 5.74) is 3.15. The van der Waals surface area contributed by atoms with E-state index in [1.165, 1.54) is 11.9 Å². The number of nitrogens with zero attached hydrogens (tertiary/aromatic N) is 6. The zero-order valence-corrected chi connectivity index (χ0v) is 15.2. The maximum atomic E-state index is 4.34. The second kappa shape index (κ2) is 6.64. The van der Waals surface area contributed by atoms with Crippen LogP contribution in [-0.4, -0.2) is 29.4 Å². The molecule has 0 aliphatic heterocycles. The van der Waals surface area contributed by atoms with Crippen molar-refractivity contribution in [2.75, 3.05) is 5.32 Å². The topological polar surface area (TPSA) is 72.9 Å². The molecule has 0 radical (unpaired) electrons.